The van der Waals surface area contributed by atoms with Gasteiger partial charge in [0.05, 0.1) is 6.54 Å². The number of sulfone groups is 1. The third kappa shape index (κ3) is 1.53. The molecule has 0 unspecified atom stereocenters. The van der Waals surface area contributed by atoms with Crippen molar-refractivity contribution in [3.05, 3.63) is 5.82 Å². The lowest BCUT2D eigenvalue weighted by Gasteiger charge is -2.23. The molecule has 14 heavy (non-hydrogen) atoms. The maximum absolute atomic E-state index is 11.3. The van der Waals surface area contributed by atoms with Crippen molar-refractivity contribution in [2.45, 2.75) is 18.2 Å². The molecule has 0 aliphatic carbocycles. The van der Waals surface area contributed by atoms with Crippen molar-refractivity contribution in [3.8, 4) is 0 Å². The van der Waals surface area contributed by atoms with E-state index in [1.165, 1.54) is 0 Å². The zero-order valence-electron chi connectivity index (χ0n) is 8.13. The van der Waals surface area contributed by atoms with Gasteiger partial charge in [0.2, 0.25) is 15.0 Å². The molecule has 0 N–H and O–H groups in total. The molecule has 7 heteroatoms. The second-order valence-corrected chi connectivity index (χ2v) is 5.47. The Labute approximate surface area is 82.5 Å². The summed E-state index contributed by atoms with van der Waals surface area (Å²) in [6.07, 6.45) is 1.16. The van der Waals surface area contributed by atoms with Crippen LogP contribution in [0.25, 0.3) is 0 Å². The summed E-state index contributed by atoms with van der Waals surface area (Å²) in [5.41, 5.74) is 0. The van der Waals surface area contributed by atoms with E-state index in [1.807, 2.05) is 7.05 Å². The summed E-state index contributed by atoms with van der Waals surface area (Å²) in [5, 5.41) is 7.65. The van der Waals surface area contributed by atoms with Gasteiger partial charge in [-0.15, -0.1) is 10.2 Å². The summed E-state index contributed by atoms with van der Waals surface area (Å²) < 4.78 is 24.3. The minimum absolute atomic E-state index is 0.0839. The first-order chi connectivity index (χ1) is 6.48. The van der Waals surface area contributed by atoms with Crippen LogP contribution in [0.4, 0.5) is 0 Å². The van der Waals surface area contributed by atoms with Gasteiger partial charge in [0.25, 0.3) is 0 Å². The van der Waals surface area contributed by atoms with E-state index in [2.05, 4.69) is 15.1 Å². The SMILES string of the molecule is CN1CCn2c(nnc2S(C)(=O)=O)C1. The zero-order chi connectivity index (χ0) is 10.3. The topological polar surface area (TPSA) is 68.1 Å². The Morgan fingerprint density at radius 2 is 2.00 bits per heavy atom. The predicted molar refractivity (Wildman–Crippen MR) is 49.5 cm³/mol. The Morgan fingerprint density at radius 3 is 2.64 bits per heavy atom. The number of aromatic nitrogens is 3. The summed E-state index contributed by atoms with van der Waals surface area (Å²) in [4.78, 5) is 2.08. The van der Waals surface area contributed by atoms with E-state index in [0.29, 0.717) is 13.1 Å². The fourth-order valence-corrected chi connectivity index (χ4v) is 2.31. The minimum atomic E-state index is -3.25. The van der Waals surface area contributed by atoms with Gasteiger partial charge in [0.15, 0.2) is 0 Å². The van der Waals surface area contributed by atoms with E-state index < -0.39 is 9.84 Å². The second kappa shape index (κ2) is 3.03. The van der Waals surface area contributed by atoms with Gasteiger partial charge in [-0.1, -0.05) is 0 Å². The molecular weight excluding hydrogens is 204 g/mol. The standard InChI is InChI=1S/C7H12N4O2S/c1-10-3-4-11-6(5-10)8-9-7(11)14(2,12)13/h3-5H2,1-2H3. The maximum atomic E-state index is 11.3. The maximum Gasteiger partial charge on any atom is 0.249 e. The molecule has 1 aliphatic rings. The van der Waals surface area contributed by atoms with Crippen molar-refractivity contribution in [2.75, 3.05) is 19.8 Å². The van der Waals surface area contributed by atoms with Crippen LogP contribution in [0.2, 0.25) is 0 Å². The van der Waals surface area contributed by atoms with E-state index in [4.69, 9.17) is 0 Å². The highest BCUT2D eigenvalue weighted by atomic mass is 32.2. The highest BCUT2D eigenvalue weighted by molar-refractivity contribution is 7.90. The Bertz CT molecular complexity index is 450. The molecule has 0 atom stereocenters. The van der Waals surface area contributed by atoms with Crippen LogP contribution in [0.3, 0.4) is 0 Å². The van der Waals surface area contributed by atoms with Gasteiger partial charge in [0.1, 0.15) is 5.82 Å². The average molecular weight is 216 g/mol. The Kier molecular flexibility index (Phi) is 2.07. The van der Waals surface area contributed by atoms with Crippen LogP contribution in [0.1, 0.15) is 5.82 Å². The molecule has 0 aromatic carbocycles. The van der Waals surface area contributed by atoms with Crippen LogP contribution in [0.5, 0.6) is 0 Å². The van der Waals surface area contributed by atoms with Gasteiger partial charge in [-0.3, -0.25) is 9.47 Å². The largest absolute Gasteiger partial charge is 0.300 e. The lowest BCUT2D eigenvalue weighted by atomic mass is 10.4. The van der Waals surface area contributed by atoms with E-state index in [9.17, 15) is 8.42 Å². The fraction of sp³-hybridized carbons (Fsp3) is 0.714. The number of rotatable bonds is 1. The zero-order valence-corrected chi connectivity index (χ0v) is 8.95. The van der Waals surface area contributed by atoms with Crippen LogP contribution >= 0.6 is 0 Å². The van der Waals surface area contributed by atoms with Crippen molar-refractivity contribution in [3.63, 3.8) is 0 Å². The summed E-state index contributed by atoms with van der Waals surface area (Å²) in [7, 11) is -1.28. The first-order valence-corrected chi connectivity index (χ1v) is 6.18. The van der Waals surface area contributed by atoms with Crippen molar-refractivity contribution >= 4 is 9.84 Å². The first kappa shape index (κ1) is 9.60. The van der Waals surface area contributed by atoms with Crippen molar-refractivity contribution < 1.29 is 8.42 Å². The van der Waals surface area contributed by atoms with Crippen LogP contribution in [0, 0.1) is 0 Å². The number of hydrogen-bond donors (Lipinski definition) is 0. The predicted octanol–water partition coefficient (Wildman–Crippen LogP) is -0.873. The summed E-state index contributed by atoms with van der Waals surface area (Å²) >= 11 is 0. The molecule has 0 amide bonds. The van der Waals surface area contributed by atoms with Gasteiger partial charge in [-0.2, -0.15) is 0 Å². The van der Waals surface area contributed by atoms with E-state index in [1.54, 1.807) is 4.57 Å². The lowest BCUT2D eigenvalue weighted by molar-refractivity contribution is 0.258. The van der Waals surface area contributed by atoms with Crippen molar-refractivity contribution in [1.82, 2.24) is 19.7 Å². The van der Waals surface area contributed by atoms with Crippen LogP contribution in [-0.2, 0) is 22.9 Å². The van der Waals surface area contributed by atoms with Crippen LogP contribution < -0.4 is 0 Å². The summed E-state index contributed by atoms with van der Waals surface area (Å²) in [6.45, 7) is 2.12. The third-order valence-corrected chi connectivity index (χ3v) is 3.21. The van der Waals surface area contributed by atoms with Crippen molar-refractivity contribution in [1.29, 1.82) is 0 Å². The molecule has 1 aromatic rings. The normalized spacial score (nSPS) is 18.1. The van der Waals surface area contributed by atoms with Gasteiger partial charge in [0, 0.05) is 19.3 Å². The summed E-state index contributed by atoms with van der Waals surface area (Å²) in [6, 6.07) is 0. The third-order valence-electron chi connectivity index (χ3n) is 2.24. The Morgan fingerprint density at radius 1 is 1.29 bits per heavy atom. The molecule has 0 radical (unpaired) electrons. The quantitative estimate of drug-likeness (QED) is 0.610. The monoisotopic (exact) mass is 216 g/mol. The highest BCUT2D eigenvalue weighted by Gasteiger charge is 2.23. The van der Waals surface area contributed by atoms with Gasteiger partial charge < -0.3 is 0 Å². The van der Waals surface area contributed by atoms with E-state index >= 15 is 0 Å². The second-order valence-electron chi connectivity index (χ2n) is 3.56. The van der Waals surface area contributed by atoms with Crippen LogP contribution in [0.15, 0.2) is 5.16 Å². The lowest BCUT2D eigenvalue weighted by Crippen LogP contribution is -2.31. The van der Waals surface area contributed by atoms with E-state index in [-0.39, 0.29) is 5.16 Å². The number of hydrogen-bond acceptors (Lipinski definition) is 5. The van der Waals surface area contributed by atoms with E-state index in [0.717, 1.165) is 18.6 Å². The fourth-order valence-electron chi connectivity index (χ4n) is 1.53. The number of likely N-dealkylation sites (N-methyl/N-ethyl adjacent to an activating group) is 1. The molecule has 1 aromatic heterocycles. The smallest absolute Gasteiger partial charge is 0.249 e. The van der Waals surface area contributed by atoms with Gasteiger partial charge in [-0.05, 0) is 7.05 Å². The molecule has 0 saturated carbocycles. The van der Waals surface area contributed by atoms with Crippen molar-refractivity contribution in [2.24, 2.45) is 0 Å². The molecule has 2 rings (SSSR count). The van der Waals surface area contributed by atoms with Gasteiger partial charge in [-0.25, -0.2) is 8.42 Å². The molecule has 0 spiro atoms. The number of nitrogens with zero attached hydrogens (tertiary/aromatic N) is 4. The molecule has 6 nitrogen and oxygen atoms in total. The Balaban J connectivity index is 2.49. The minimum Gasteiger partial charge on any atom is -0.300 e. The molecule has 78 valence electrons. The molecule has 0 bridgehead atoms. The number of fused-ring (bicyclic) bond motifs is 1. The molecule has 0 fully saturated rings. The first-order valence-electron chi connectivity index (χ1n) is 4.29. The molecular formula is C7H12N4O2S. The van der Waals surface area contributed by atoms with Crippen LogP contribution in [-0.4, -0.2) is 47.9 Å². The molecule has 0 saturated heterocycles. The molecule has 2 heterocycles. The Hall–Kier alpha value is -0.950. The van der Waals surface area contributed by atoms with Gasteiger partial charge >= 0.3 is 0 Å². The summed E-state index contributed by atoms with van der Waals surface area (Å²) in [5.74, 6) is 0.721. The molecule has 1 aliphatic heterocycles. The highest BCUT2D eigenvalue weighted by Crippen LogP contribution is 2.13. The average Bonchev–Trinajstić information content (AvgIpc) is 2.45.